The molecule has 0 rings (SSSR count). The van der Waals surface area contributed by atoms with Gasteiger partial charge in [0.15, 0.2) is 6.10 Å². The quantitative estimate of drug-likeness (QED) is 0.396. The van der Waals surface area contributed by atoms with E-state index < -0.39 is 6.16 Å². The summed E-state index contributed by atoms with van der Waals surface area (Å²) in [7, 11) is 0. The van der Waals surface area contributed by atoms with Crippen molar-refractivity contribution >= 4 is 6.16 Å². The Balaban J connectivity index is 3.66. The molecule has 0 aliphatic carbocycles. The van der Waals surface area contributed by atoms with Crippen LogP contribution in [-0.2, 0) is 9.47 Å². The molecule has 14 heavy (non-hydrogen) atoms. The Morgan fingerprint density at radius 1 is 1.43 bits per heavy atom. The van der Waals surface area contributed by atoms with Crippen LogP contribution in [0.25, 0.3) is 0 Å². The van der Waals surface area contributed by atoms with Crippen molar-refractivity contribution in [1.82, 2.24) is 0 Å². The van der Waals surface area contributed by atoms with E-state index in [1.54, 1.807) is 13.8 Å². The number of hydrogen-bond donors (Lipinski definition) is 0. The van der Waals surface area contributed by atoms with Crippen LogP contribution in [0.1, 0.15) is 40.0 Å². The van der Waals surface area contributed by atoms with E-state index >= 15 is 0 Å². The molecule has 3 heteroatoms. The van der Waals surface area contributed by atoms with Crippen molar-refractivity contribution in [1.29, 1.82) is 0 Å². The number of rotatable bonds is 4. The van der Waals surface area contributed by atoms with Crippen LogP contribution < -0.4 is 0 Å². The zero-order valence-corrected chi connectivity index (χ0v) is 9.13. The highest BCUT2D eigenvalue weighted by atomic mass is 16.7. The summed E-state index contributed by atoms with van der Waals surface area (Å²) in [4.78, 5) is 10.8. The lowest BCUT2D eigenvalue weighted by Crippen LogP contribution is -2.14. The Morgan fingerprint density at radius 2 is 2.14 bits per heavy atom. The molecule has 0 saturated carbocycles. The molecule has 0 radical (unpaired) electrons. The zero-order chi connectivity index (χ0) is 10.8. The van der Waals surface area contributed by atoms with Crippen LogP contribution in [-0.4, -0.2) is 18.9 Å². The minimum absolute atomic E-state index is 0.328. The van der Waals surface area contributed by atoms with Crippen LogP contribution in [0.4, 0.5) is 4.79 Å². The number of unbranched alkanes of at least 4 members (excludes halogenated alkanes) is 2. The van der Waals surface area contributed by atoms with Gasteiger partial charge >= 0.3 is 6.16 Å². The fraction of sp³-hybridized carbons (Fsp3) is 0.727. The largest absolute Gasteiger partial charge is 0.509 e. The van der Waals surface area contributed by atoms with Gasteiger partial charge in [-0.15, -0.1) is 0 Å². The Bertz CT molecular complexity index is 212. The van der Waals surface area contributed by atoms with E-state index in [-0.39, 0.29) is 6.10 Å². The van der Waals surface area contributed by atoms with Crippen LogP contribution in [0.15, 0.2) is 0 Å². The Hall–Kier alpha value is -1.17. The molecule has 1 atom stereocenters. The lowest BCUT2D eigenvalue weighted by molar-refractivity contribution is 0.0477. The van der Waals surface area contributed by atoms with E-state index in [0.29, 0.717) is 6.61 Å². The summed E-state index contributed by atoms with van der Waals surface area (Å²) in [6, 6.07) is 0. The third-order valence-corrected chi connectivity index (χ3v) is 1.50. The first-order valence-corrected chi connectivity index (χ1v) is 5.02. The second-order valence-corrected chi connectivity index (χ2v) is 2.87. The molecular weight excluding hydrogens is 180 g/mol. The van der Waals surface area contributed by atoms with Gasteiger partial charge in [-0.3, -0.25) is 0 Å². The highest BCUT2D eigenvalue weighted by Gasteiger charge is 2.05. The summed E-state index contributed by atoms with van der Waals surface area (Å²) in [5.74, 6) is 5.78. The average molecular weight is 198 g/mol. The van der Waals surface area contributed by atoms with Gasteiger partial charge < -0.3 is 9.47 Å². The third-order valence-electron chi connectivity index (χ3n) is 1.50. The lowest BCUT2D eigenvalue weighted by Gasteiger charge is -2.05. The maximum Gasteiger partial charge on any atom is 0.509 e. The van der Waals surface area contributed by atoms with E-state index in [0.717, 1.165) is 19.3 Å². The lowest BCUT2D eigenvalue weighted by atomic mass is 10.2. The zero-order valence-electron chi connectivity index (χ0n) is 9.13. The van der Waals surface area contributed by atoms with Gasteiger partial charge in [0, 0.05) is 6.42 Å². The van der Waals surface area contributed by atoms with Crippen molar-refractivity contribution in [3.05, 3.63) is 0 Å². The fourth-order valence-corrected chi connectivity index (χ4v) is 0.807. The minimum atomic E-state index is -0.648. The fourth-order valence-electron chi connectivity index (χ4n) is 0.807. The van der Waals surface area contributed by atoms with Crippen LogP contribution in [0.5, 0.6) is 0 Å². The molecular formula is C11H18O3. The molecule has 0 N–H and O–H groups in total. The average Bonchev–Trinajstić information content (AvgIpc) is 2.13. The first-order valence-electron chi connectivity index (χ1n) is 5.02. The predicted octanol–water partition coefficient (Wildman–Crippen LogP) is 2.74. The molecule has 0 saturated heterocycles. The van der Waals surface area contributed by atoms with Gasteiger partial charge in [-0.25, -0.2) is 4.79 Å². The molecule has 0 fully saturated rings. The summed E-state index contributed by atoms with van der Waals surface area (Å²) in [5, 5.41) is 0. The molecule has 3 nitrogen and oxygen atoms in total. The van der Waals surface area contributed by atoms with Gasteiger partial charge in [-0.05, 0) is 20.3 Å². The van der Waals surface area contributed by atoms with Gasteiger partial charge in [0.05, 0.1) is 6.61 Å². The summed E-state index contributed by atoms with van der Waals surface area (Å²) in [6.07, 6.45) is 2.03. The number of carbonyl (C=O) groups is 1. The smallest absolute Gasteiger partial charge is 0.435 e. The van der Waals surface area contributed by atoms with E-state index in [4.69, 9.17) is 4.74 Å². The SMILES string of the molecule is CCCCC#C[C@H](C)OC(=O)OCC. The number of hydrogen-bond acceptors (Lipinski definition) is 3. The molecule has 0 aliphatic rings. The summed E-state index contributed by atoms with van der Waals surface area (Å²) in [5.41, 5.74) is 0. The van der Waals surface area contributed by atoms with E-state index in [9.17, 15) is 4.79 Å². The normalized spacial score (nSPS) is 11.1. The predicted molar refractivity (Wildman–Crippen MR) is 54.9 cm³/mol. The van der Waals surface area contributed by atoms with Crippen LogP contribution >= 0.6 is 0 Å². The summed E-state index contributed by atoms with van der Waals surface area (Å²) < 4.78 is 9.45. The van der Waals surface area contributed by atoms with Gasteiger partial charge in [-0.1, -0.05) is 25.2 Å². The molecule has 0 amide bonds. The van der Waals surface area contributed by atoms with Crippen molar-refractivity contribution in [2.24, 2.45) is 0 Å². The van der Waals surface area contributed by atoms with Crippen LogP contribution in [0.3, 0.4) is 0 Å². The molecule has 0 aromatic rings. The monoisotopic (exact) mass is 198 g/mol. The molecule has 80 valence electrons. The molecule has 0 bridgehead atoms. The number of carbonyl (C=O) groups excluding carboxylic acids is 1. The second kappa shape index (κ2) is 8.43. The van der Waals surface area contributed by atoms with Crippen LogP contribution in [0.2, 0.25) is 0 Å². The van der Waals surface area contributed by atoms with Gasteiger partial charge in [0.1, 0.15) is 0 Å². The topological polar surface area (TPSA) is 35.5 Å². The Labute approximate surface area is 85.8 Å². The maximum absolute atomic E-state index is 10.8. The van der Waals surface area contributed by atoms with Crippen molar-refractivity contribution in [3.8, 4) is 11.8 Å². The van der Waals surface area contributed by atoms with Gasteiger partial charge in [-0.2, -0.15) is 0 Å². The van der Waals surface area contributed by atoms with Crippen molar-refractivity contribution in [2.75, 3.05) is 6.61 Å². The molecule has 0 aromatic carbocycles. The van der Waals surface area contributed by atoms with Crippen LogP contribution in [0, 0.1) is 11.8 Å². The number of ether oxygens (including phenoxy) is 2. The van der Waals surface area contributed by atoms with E-state index in [2.05, 4.69) is 23.5 Å². The summed E-state index contributed by atoms with van der Waals surface area (Å²) in [6.45, 7) is 5.91. The molecule has 0 aliphatic heterocycles. The van der Waals surface area contributed by atoms with Crippen molar-refractivity contribution in [3.63, 3.8) is 0 Å². The van der Waals surface area contributed by atoms with E-state index in [1.807, 2.05) is 0 Å². The maximum atomic E-state index is 10.8. The van der Waals surface area contributed by atoms with Gasteiger partial charge in [0.25, 0.3) is 0 Å². The van der Waals surface area contributed by atoms with Crippen molar-refractivity contribution < 1.29 is 14.3 Å². The van der Waals surface area contributed by atoms with E-state index in [1.165, 1.54) is 0 Å². The molecule has 0 spiro atoms. The Kier molecular flexibility index (Phi) is 7.72. The highest BCUT2D eigenvalue weighted by molar-refractivity contribution is 5.60. The molecule has 0 heterocycles. The second-order valence-electron chi connectivity index (χ2n) is 2.87. The minimum Gasteiger partial charge on any atom is -0.435 e. The standard InChI is InChI=1S/C11H18O3/c1-4-6-7-8-9-10(3)14-11(12)13-5-2/h10H,4-7H2,1-3H3/t10-/m0/s1. The molecule has 0 unspecified atom stereocenters. The van der Waals surface area contributed by atoms with Gasteiger partial charge in [0.2, 0.25) is 0 Å². The first-order chi connectivity index (χ1) is 6.70. The molecule has 0 aromatic heterocycles. The highest BCUT2D eigenvalue weighted by Crippen LogP contribution is 1.95. The summed E-state index contributed by atoms with van der Waals surface area (Å²) >= 11 is 0. The van der Waals surface area contributed by atoms with Crippen molar-refractivity contribution in [2.45, 2.75) is 46.1 Å². The third kappa shape index (κ3) is 7.48. The Morgan fingerprint density at radius 3 is 2.71 bits per heavy atom. The first kappa shape index (κ1) is 12.8.